The first-order valence-electron chi connectivity index (χ1n) is 12.1. The van der Waals surface area contributed by atoms with Gasteiger partial charge in [0.2, 0.25) is 0 Å². The third kappa shape index (κ3) is 8.97. The number of hydrogen-bond acceptors (Lipinski definition) is 6. The van der Waals surface area contributed by atoms with E-state index in [1.807, 2.05) is 13.8 Å². The SMILES string of the molecule is CCC[CH2][Sn](/[CH]=C/COC(=C(C)C)[C@H]1O[C@H](O)[C@H](O)[C@@H](O)[C@H]1O)([CH2]CCC)[CH2]CCC. The molecule has 0 aromatic heterocycles. The summed E-state index contributed by atoms with van der Waals surface area (Å²) in [4.78, 5) is 0. The van der Waals surface area contributed by atoms with Crippen LogP contribution in [0.1, 0.15) is 73.1 Å². The van der Waals surface area contributed by atoms with E-state index in [9.17, 15) is 20.4 Å². The first-order valence-corrected chi connectivity index (χ1v) is 19.8. The van der Waals surface area contributed by atoms with E-state index in [-0.39, 0.29) is 0 Å². The van der Waals surface area contributed by atoms with Crippen molar-refractivity contribution in [1.82, 2.24) is 0 Å². The first-order chi connectivity index (χ1) is 14.7. The van der Waals surface area contributed by atoms with Gasteiger partial charge < -0.3 is 0 Å². The maximum absolute atomic E-state index is 10.4. The van der Waals surface area contributed by atoms with Crippen LogP contribution in [0.3, 0.4) is 0 Å². The fourth-order valence-corrected chi connectivity index (χ4v) is 18.6. The Kier molecular flexibility index (Phi) is 13.9. The fourth-order valence-electron chi connectivity index (χ4n) is 4.24. The van der Waals surface area contributed by atoms with Crippen LogP contribution in [0.25, 0.3) is 0 Å². The van der Waals surface area contributed by atoms with Gasteiger partial charge in [-0.25, -0.2) is 0 Å². The van der Waals surface area contributed by atoms with E-state index in [2.05, 4.69) is 30.9 Å². The molecule has 1 heterocycles. The zero-order valence-electron chi connectivity index (χ0n) is 20.2. The molecule has 0 aromatic rings. The van der Waals surface area contributed by atoms with Crippen LogP contribution in [-0.2, 0) is 9.47 Å². The summed E-state index contributed by atoms with van der Waals surface area (Å²) in [5.41, 5.74) is 0.797. The van der Waals surface area contributed by atoms with Crippen LogP contribution in [0.4, 0.5) is 0 Å². The quantitative estimate of drug-likeness (QED) is 0.193. The van der Waals surface area contributed by atoms with Gasteiger partial charge in [-0.3, -0.25) is 0 Å². The summed E-state index contributed by atoms with van der Waals surface area (Å²) in [6, 6.07) is 0. The summed E-state index contributed by atoms with van der Waals surface area (Å²) in [5.74, 6) is 0.402. The first kappa shape index (κ1) is 28.9. The minimum absolute atomic E-state index is 0.366. The van der Waals surface area contributed by atoms with Gasteiger partial charge in [0.25, 0.3) is 0 Å². The van der Waals surface area contributed by atoms with Crippen molar-refractivity contribution >= 4 is 18.4 Å². The second-order valence-electron chi connectivity index (χ2n) is 9.17. The number of allylic oxidation sites excluding steroid dienone is 1. The molecule has 0 unspecified atom stereocenters. The number of aliphatic hydroxyl groups is 4. The molecule has 0 saturated carbocycles. The standard InChI is InChI=1S/C12H19O6.3C4H9.Sn/c1-4-5-17-10(6(2)3)11-8(14)7(13)9(15)12(16)18-11;3*1-3-4-2;/h1,4,7-9,11-16H,5H2,2-3H3;3*1,3-4H2,2H3;/t7-,8+,9+,11-,12-;;;;/m0..../s1. The molecule has 0 aliphatic carbocycles. The molecule has 4 N–H and O–H groups in total. The maximum atomic E-state index is 10.4. The third-order valence-electron chi connectivity index (χ3n) is 6.23. The summed E-state index contributed by atoms with van der Waals surface area (Å²) in [7, 11) is 0. The normalized spacial score (nSPS) is 26.9. The van der Waals surface area contributed by atoms with E-state index in [0.29, 0.717) is 12.4 Å². The molecule has 0 aromatic carbocycles. The molecular weight excluding hydrogens is 503 g/mol. The molecule has 6 nitrogen and oxygen atoms in total. The summed E-state index contributed by atoms with van der Waals surface area (Å²) >= 11 is -2.38. The van der Waals surface area contributed by atoms with Crippen LogP contribution in [0.2, 0.25) is 13.3 Å². The molecular formula is C24H46O6Sn. The van der Waals surface area contributed by atoms with Crippen molar-refractivity contribution in [2.24, 2.45) is 0 Å². The average molecular weight is 549 g/mol. The van der Waals surface area contributed by atoms with Gasteiger partial charge in [-0.05, 0) is 0 Å². The molecule has 1 saturated heterocycles. The number of rotatable bonds is 14. The fraction of sp³-hybridized carbons (Fsp3) is 0.833. The monoisotopic (exact) mass is 550 g/mol. The van der Waals surface area contributed by atoms with Crippen LogP contribution in [0.5, 0.6) is 0 Å². The van der Waals surface area contributed by atoms with Gasteiger partial charge in [0, 0.05) is 0 Å². The average Bonchev–Trinajstić information content (AvgIpc) is 2.75. The molecule has 31 heavy (non-hydrogen) atoms. The Morgan fingerprint density at radius 1 is 0.839 bits per heavy atom. The van der Waals surface area contributed by atoms with E-state index in [0.717, 1.165) is 5.57 Å². The predicted molar refractivity (Wildman–Crippen MR) is 127 cm³/mol. The molecule has 1 fully saturated rings. The van der Waals surface area contributed by atoms with Crippen LogP contribution >= 0.6 is 0 Å². The molecule has 0 radical (unpaired) electrons. The van der Waals surface area contributed by atoms with Crippen LogP contribution < -0.4 is 0 Å². The Morgan fingerprint density at radius 3 is 1.81 bits per heavy atom. The molecule has 1 aliphatic rings. The van der Waals surface area contributed by atoms with Crippen LogP contribution in [-0.4, -0.2) is 76.1 Å². The van der Waals surface area contributed by atoms with Gasteiger partial charge in [-0.15, -0.1) is 0 Å². The van der Waals surface area contributed by atoms with Crippen molar-refractivity contribution in [3.05, 3.63) is 21.5 Å². The van der Waals surface area contributed by atoms with E-state index in [1.54, 1.807) is 0 Å². The van der Waals surface area contributed by atoms with Gasteiger partial charge in [0.15, 0.2) is 0 Å². The van der Waals surface area contributed by atoms with Crippen molar-refractivity contribution in [3.8, 4) is 0 Å². The number of aliphatic hydroxyl groups excluding tert-OH is 4. The molecule has 1 rings (SSSR count). The Morgan fingerprint density at radius 2 is 1.35 bits per heavy atom. The molecule has 0 amide bonds. The number of unbranched alkanes of at least 4 members (excludes halogenated alkanes) is 3. The Balaban J connectivity index is 2.90. The molecule has 0 bridgehead atoms. The summed E-state index contributed by atoms with van der Waals surface area (Å²) < 4.78 is 18.0. The summed E-state index contributed by atoms with van der Waals surface area (Å²) in [6.45, 7) is 10.8. The molecule has 5 atom stereocenters. The van der Waals surface area contributed by atoms with Gasteiger partial charge in [-0.2, -0.15) is 0 Å². The van der Waals surface area contributed by atoms with Crippen LogP contribution in [0, 0.1) is 0 Å². The minimum atomic E-state index is -2.38. The second kappa shape index (κ2) is 14.9. The Labute approximate surface area is 193 Å². The van der Waals surface area contributed by atoms with Crippen molar-refractivity contribution in [1.29, 1.82) is 0 Å². The van der Waals surface area contributed by atoms with E-state index in [1.165, 1.54) is 51.8 Å². The van der Waals surface area contributed by atoms with Gasteiger partial charge in [0.05, 0.1) is 0 Å². The summed E-state index contributed by atoms with van der Waals surface area (Å²) in [6.07, 6.45) is 2.75. The molecule has 182 valence electrons. The van der Waals surface area contributed by atoms with Gasteiger partial charge in [-0.1, -0.05) is 0 Å². The molecule has 7 heteroatoms. The van der Waals surface area contributed by atoms with E-state index < -0.39 is 49.1 Å². The summed E-state index contributed by atoms with van der Waals surface area (Å²) in [5, 5.41) is 40.0. The van der Waals surface area contributed by atoms with Crippen molar-refractivity contribution in [2.75, 3.05) is 6.61 Å². The predicted octanol–water partition coefficient (Wildman–Crippen LogP) is 4.04. The van der Waals surface area contributed by atoms with Gasteiger partial charge in [0.1, 0.15) is 0 Å². The topological polar surface area (TPSA) is 99.4 Å². The Bertz CT molecular complexity index is 538. The van der Waals surface area contributed by atoms with Crippen LogP contribution in [0.15, 0.2) is 21.5 Å². The van der Waals surface area contributed by atoms with E-state index >= 15 is 0 Å². The van der Waals surface area contributed by atoms with Crippen molar-refractivity contribution in [3.63, 3.8) is 0 Å². The van der Waals surface area contributed by atoms with Crippen molar-refractivity contribution in [2.45, 2.75) is 117 Å². The zero-order chi connectivity index (χ0) is 23.4. The third-order valence-corrected chi connectivity index (χ3v) is 20.5. The number of hydrogen-bond donors (Lipinski definition) is 4. The number of ether oxygens (including phenoxy) is 2. The molecule has 0 spiro atoms. The zero-order valence-corrected chi connectivity index (χ0v) is 23.1. The van der Waals surface area contributed by atoms with E-state index in [4.69, 9.17) is 9.47 Å². The molecule has 1 aliphatic heterocycles. The second-order valence-corrected chi connectivity index (χ2v) is 22.2. The van der Waals surface area contributed by atoms with Gasteiger partial charge >= 0.3 is 194 Å². The van der Waals surface area contributed by atoms with Crippen molar-refractivity contribution < 1.29 is 29.9 Å². The Hall–Kier alpha value is -0.121.